The fraction of sp³-hybridized carbons (Fsp3) is 0.133. The van der Waals surface area contributed by atoms with E-state index in [0.29, 0.717) is 5.69 Å². The van der Waals surface area contributed by atoms with E-state index >= 15 is 0 Å². The summed E-state index contributed by atoms with van der Waals surface area (Å²) < 4.78 is 40.9. The lowest BCUT2D eigenvalue weighted by atomic mass is 9.89. The van der Waals surface area contributed by atoms with Crippen molar-refractivity contribution in [1.29, 1.82) is 0 Å². The number of halogens is 3. The summed E-state index contributed by atoms with van der Waals surface area (Å²) >= 11 is 0. The highest BCUT2D eigenvalue weighted by atomic mass is 19.3. The molecule has 3 rings (SSSR count). The highest BCUT2D eigenvalue weighted by Gasteiger charge is 2.64. The van der Waals surface area contributed by atoms with Gasteiger partial charge in [0.1, 0.15) is 11.9 Å². The number of anilines is 1. The molecule has 5 heteroatoms. The minimum Gasteiger partial charge on any atom is -0.293 e. The van der Waals surface area contributed by atoms with E-state index in [9.17, 15) is 18.0 Å². The number of rotatable bonds is 2. The number of amides is 1. The lowest BCUT2D eigenvalue weighted by molar-refractivity contribution is -0.162. The van der Waals surface area contributed by atoms with Gasteiger partial charge >= 0.3 is 11.8 Å². The fourth-order valence-electron chi connectivity index (χ4n) is 2.38. The number of benzene rings is 2. The highest BCUT2D eigenvalue weighted by Crippen LogP contribution is 2.49. The summed E-state index contributed by atoms with van der Waals surface area (Å²) in [5.74, 6) is -5.38. The Hall–Kier alpha value is -2.30. The van der Waals surface area contributed by atoms with Crippen LogP contribution in [-0.2, 0) is 4.79 Å². The van der Waals surface area contributed by atoms with Gasteiger partial charge in [-0.25, -0.2) is 4.39 Å². The zero-order chi connectivity index (χ0) is 14.3. The molecular weight excluding hydrogens is 267 g/mol. The third-order valence-electron chi connectivity index (χ3n) is 3.30. The van der Waals surface area contributed by atoms with Crippen LogP contribution in [0.3, 0.4) is 0 Å². The lowest BCUT2D eigenvalue weighted by Gasteiger charge is -2.46. The maximum atomic E-state index is 13.8. The van der Waals surface area contributed by atoms with Gasteiger partial charge in [0, 0.05) is 5.69 Å². The number of hydrogen-bond donors (Lipinski definition) is 0. The van der Waals surface area contributed by atoms with Crippen molar-refractivity contribution >= 4 is 11.6 Å². The molecule has 1 amide bonds. The van der Waals surface area contributed by atoms with Crippen LogP contribution in [0.2, 0.25) is 0 Å². The van der Waals surface area contributed by atoms with Gasteiger partial charge in [-0.05, 0) is 29.8 Å². The standard InChI is InChI=1S/C15H10F3NO/c16-11-6-4-5-10(9-11)13-15(17,18)14(20)19(13)12-7-2-1-3-8-12/h1-9,13H/t13-/m1/s1. The zero-order valence-electron chi connectivity index (χ0n) is 10.3. The number of carbonyl (C=O) groups is 1. The fourth-order valence-corrected chi connectivity index (χ4v) is 2.38. The number of β-lactam (4-membered cyclic amide) rings is 1. The summed E-state index contributed by atoms with van der Waals surface area (Å²) in [6.07, 6.45) is 0. The van der Waals surface area contributed by atoms with E-state index in [1.165, 1.54) is 18.2 Å². The molecule has 1 saturated heterocycles. The Labute approximate surface area is 113 Å². The van der Waals surface area contributed by atoms with Crippen LogP contribution in [0.1, 0.15) is 11.6 Å². The number of alkyl halides is 2. The van der Waals surface area contributed by atoms with Crippen molar-refractivity contribution < 1.29 is 18.0 Å². The number of nitrogens with zero attached hydrogens (tertiary/aromatic N) is 1. The Balaban J connectivity index is 2.05. The Kier molecular flexibility index (Phi) is 2.78. The molecule has 0 N–H and O–H groups in total. The molecule has 1 heterocycles. The molecule has 2 nitrogen and oxygen atoms in total. The van der Waals surface area contributed by atoms with Gasteiger partial charge in [0.2, 0.25) is 0 Å². The molecule has 2 aromatic rings. The summed E-state index contributed by atoms with van der Waals surface area (Å²) in [6.45, 7) is 0. The maximum Gasteiger partial charge on any atom is 0.349 e. The quantitative estimate of drug-likeness (QED) is 0.769. The smallest absolute Gasteiger partial charge is 0.293 e. The third-order valence-corrected chi connectivity index (χ3v) is 3.30. The number of hydrogen-bond acceptors (Lipinski definition) is 1. The second-order valence-corrected chi connectivity index (χ2v) is 4.59. The van der Waals surface area contributed by atoms with Crippen LogP contribution in [0, 0.1) is 5.82 Å². The van der Waals surface area contributed by atoms with Crippen molar-refractivity contribution in [2.45, 2.75) is 12.0 Å². The van der Waals surface area contributed by atoms with Crippen LogP contribution in [0.25, 0.3) is 0 Å². The molecular formula is C15H10F3NO. The van der Waals surface area contributed by atoms with E-state index in [1.807, 2.05) is 0 Å². The summed E-state index contributed by atoms with van der Waals surface area (Å²) in [7, 11) is 0. The topological polar surface area (TPSA) is 20.3 Å². The second kappa shape index (κ2) is 4.37. The summed E-state index contributed by atoms with van der Waals surface area (Å²) in [5, 5.41) is 0. The van der Waals surface area contributed by atoms with Gasteiger partial charge in [0.25, 0.3) is 0 Å². The molecule has 0 aromatic heterocycles. The highest BCUT2D eigenvalue weighted by molar-refractivity contribution is 6.07. The molecule has 0 spiro atoms. The van der Waals surface area contributed by atoms with Crippen LogP contribution in [-0.4, -0.2) is 11.8 Å². The first-order chi connectivity index (χ1) is 9.51. The molecule has 0 radical (unpaired) electrons. The molecule has 1 aliphatic heterocycles. The minimum atomic E-state index is -3.51. The molecule has 0 saturated carbocycles. The zero-order valence-corrected chi connectivity index (χ0v) is 10.3. The molecule has 0 unspecified atom stereocenters. The van der Waals surface area contributed by atoms with Crippen molar-refractivity contribution in [3.8, 4) is 0 Å². The van der Waals surface area contributed by atoms with Crippen molar-refractivity contribution in [2.75, 3.05) is 4.90 Å². The molecule has 1 fully saturated rings. The lowest BCUT2D eigenvalue weighted by Crippen LogP contribution is -2.64. The Morgan fingerprint density at radius 3 is 2.35 bits per heavy atom. The molecule has 102 valence electrons. The van der Waals surface area contributed by atoms with Gasteiger partial charge in [0.05, 0.1) is 0 Å². The Morgan fingerprint density at radius 1 is 1.00 bits per heavy atom. The van der Waals surface area contributed by atoms with Crippen molar-refractivity contribution in [3.63, 3.8) is 0 Å². The maximum absolute atomic E-state index is 13.8. The summed E-state index contributed by atoms with van der Waals surface area (Å²) in [6, 6.07) is 11.7. The van der Waals surface area contributed by atoms with Crippen LogP contribution < -0.4 is 4.90 Å². The van der Waals surface area contributed by atoms with Crippen LogP contribution in [0.15, 0.2) is 54.6 Å². The predicted octanol–water partition coefficient (Wildman–Crippen LogP) is 3.55. The second-order valence-electron chi connectivity index (χ2n) is 4.59. The largest absolute Gasteiger partial charge is 0.349 e. The first-order valence-corrected chi connectivity index (χ1v) is 6.04. The van der Waals surface area contributed by atoms with Gasteiger partial charge in [-0.2, -0.15) is 8.78 Å². The average molecular weight is 277 g/mol. The molecule has 0 aliphatic carbocycles. The van der Waals surface area contributed by atoms with Crippen LogP contribution in [0.5, 0.6) is 0 Å². The van der Waals surface area contributed by atoms with Crippen molar-refractivity contribution in [2.24, 2.45) is 0 Å². The Morgan fingerprint density at radius 2 is 1.70 bits per heavy atom. The van der Waals surface area contributed by atoms with E-state index in [0.717, 1.165) is 11.0 Å². The summed E-state index contributed by atoms with van der Waals surface area (Å²) in [4.78, 5) is 12.6. The number of para-hydroxylation sites is 1. The predicted molar refractivity (Wildman–Crippen MR) is 68.0 cm³/mol. The Bertz CT molecular complexity index is 657. The molecule has 0 bridgehead atoms. The molecule has 2 aromatic carbocycles. The van der Waals surface area contributed by atoms with Gasteiger partial charge in [-0.15, -0.1) is 0 Å². The van der Waals surface area contributed by atoms with E-state index < -0.39 is 23.7 Å². The van der Waals surface area contributed by atoms with Crippen molar-refractivity contribution in [1.82, 2.24) is 0 Å². The third kappa shape index (κ3) is 1.78. The first kappa shape index (κ1) is 12.7. The molecule has 20 heavy (non-hydrogen) atoms. The monoisotopic (exact) mass is 277 g/mol. The van der Waals surface area contributed by atoms with Crippen LogP contribution in [0.4, 0.5) is 18.9 Å². The van der Waals surface area contributed by atoms with E-state index in [4.69, 9.17) is 0 Å². The molecule has 1 aliphatic rings. The first-order valence-electron chi connectivity index (χ1n) is 6.04. The SMILES string of the molecule is O=C1N(c2ccccc2)[C@H](c2cccc(F)c2)C1(F)F. The van der Waals surface area contributed by atoms with Crippen LogP contribution >= 0.6 is 0 Å². The van der Waals surface area contributed by atoms with E-state index in [1.54, 1.807) is 30.3 Å². The summed E-state index contributed by atoms with van der Waals surface area (Å²) in [5.41, 5.74) is 0.455. The van der Waals surface area contributed by atoms with Crippen molar-refractivity contribution in [3.05, 3.63) is 66.0 Å². The number of carbonyl (C=O) groups excluding carboxylic acids is 1. The van der Waals surface area contributed by atoms with E-state index in [-0.39, 0.29) is 5.56 Å². The van der Waals surface area contributed by atoms with Gasteiger partial charge in [-0.1, -0.05) is 30.3 Å². The normalized spacial score (nSPS) is 20.6. The van der Waals surface area contributed by atoms with Gasteiger partial charge in [-0.3, -0.25) is 9.69 Å². The van der Waals surface area contributed by atoms with E-state index in [2.05, 4.69) is 0 Å². The van der Waals surface area contributed by atoms with Gasteiger partial charge in [0.15, 0.2) is 0 Å². The van der Waals surface area contributed by atoms with Gasteiger partial charge < -0.3 is 0 Å². The molecule has 1 atom stereocenters. The minimum absolute atomic E-state index is 0.0819. The average Bonchev–Trinajstić information content (AvgIpc) is 2.44.